The lowest BCUT2D eigenvalue weighted by atomic mass is 10.1. The standard InChI is InChI=1S/C20H22N2O4/c1-3-25-20(24)21-16-8-6-9-17(12-16)26-13-19(23)22-14(2)11-15-7-4-5-10-18(15)22/h4-10,12,14H,3,11,13H2,1-2H3,(H,21,24). The third kappa shape index (κ3) is 3.96. The summed E-state index contributed by atoms with van der Waals surface area (Å²) in [5.41, 5.74) is 2.67. The molecule has 0 saturated heterocycles. The van der Waals surface area contributed by atoms with Crippen molar-refractivity contribution in [1.29, 1.82) is 0 Å². The Morgan fingerprint density at radius 2 is 2.00 bits per heavy atom. The van der Waals surface area contributed by atoms with Gasteiger partial charge in [0.2, 0.25) is 0 Å². The van der Waals surface area contributed by atoms with Crippen molar-refractivity contribution in [3.63, 3.8) is 0 Å². The summed E-state index contributed by atoms with van der Waals surface area (Å²) >= 11 is 0. The largest absolute Gasteiger partial charge is 0.484 e. The number of para-hydroxylation sites is 1. The van der Waals surface area contributed by atoms with Gasteiger partial charge in [-0.1, -0.05) is 24.3 Å². The Kier molecular flexibility index (Phi) is 5.41. The highest BCUT2D eigenvalue weighted by atomic mass is 16.5. The number of fused-ring (bicyclic) bond motifs is 1. The van der Waals surface area contributed by atoms with Gasteiger partial charge < -0.3 is 14.4 Å². The topological polar surface area (TPSA) is 67.9 Å². The van der Waals surface area contributed by atoms with Crippen LogP contribution in [0, 0.1) is 0 Å². The summed E-state index contributed by atoms with van der Waals surface area (Å²) in [6.45, 7) is 4.00. The monoisotopic (exact) mass is 354 g/mol. The summed E-state index contributed by atoms with van der Waals surface area (Å²) in [6.07, 6.45) is 0.323. The van der Waals surface area contributed by atoms with E-state index >= 15 is 0 Å². The molecule has 26 heavy (non-hydrogen) atoms. The molecular formula is C20H22N2O4. The molecule has 0 radical (unpaired) electrons. The van der Waals surface area contributed by atoms with Gasteiger partial charge in [0.1, 0.15) is 5.75 Å². The number of anilines is 2. The maximum Gasteiger partial charge on any atom is 0.411 e. The summed E-state index contributed by atoms with van der Waals surface area (Å²) in [7, 11) is 0. The molecule has 6 nitrogen and oxygen atoms in total. The van der Waals surface area contributed by atoms with E-state index in [9.17, 15) is 9.59 Å². The molecule has 0 aromatic heterocycles. The van der Waals surface area contributed by atoms with Crippen molar-refractivity contribution in [2.45, 2.75) is 26.3 Å². The van der Waals surface area contributed by atoms with Gasteiger partial charge in [-0.2, -0.15) is 0 Å². The number of carbonyl (C=O) groups is 2. The highest BCUT2D eigenvalue weighted by molar-refractivity contribution is 5.97. The summed E-state index contributed by atoms with van der Waals surface area (Å²) < 4.78 is 10.5. The lowest BCUT2D eigenvalue weighted by Crippen LogP contribution is -2.39. The van der Waals surface area contributed by atoms with Crippen molar-refractivity contribution >= 4 is 23.4 Å². The summed E-state index contributed by atoms with van der Waals surface area (Å²) in [5, 5.41) is 2.61. The molecule has 0 saturated carbocycles. The van der Waals surface area contributed by atoms with Crippen LogP contribution in [0.15, 0.2) is 48.5 Å². The molecule has 2 aromatic rings. The van der Waals surface area contributed by atoms with E-state index in [1.807, 2.05) is 31.2 Å². The SMILES string of the molecule is CCOC(=O)Nc1cccc(OCC(=O)N2c3ccccc3CC2C)c1. The fourth-order valence-corrected chi connectivity index (χ4v) is 3.11. The van der Waals surface area contributed by atoms with Crippen LogP contribution in [-0.4, -0.2) is 31.3 Å². The molecular weight excluding hydrogens is 332 g/mol. The molecule has 1 aliphatic heterocycles. The van der Waals surface area contributed by atoms with E-state index in [-0.39, 0.29) is 18.6 Å². The highest BCUT2D eigenvalue weighted by Gasteiger charge is 2.30. The van der Waals surface area contributed by atoms with Crippen molar-refractivity contribution in [3.05, 3.63) is 54.1 Å². The molecule has 136 valence electrons. The molecule has 1 N–H and O–H groups in total. The molecule has 6 heteroatoms. The van der Waals surface area contributed by atoms with Crippen molar-refractivity contribution in [2.24, 2.45) is 0 Å². The molecule has 2 aromatic carbocycles. The zero-order valence-corrected chi connectivity index (χ0v) is 14.9. The number of hydrogen-bond acceptors (Lipinski definition) is 4. The van der Waals surface area contributed by atoms with Crippen molar-refractivity contribution in [2.75, 3.05) is 23.4 Å². The minimum absolute atomic E-state index is 0.0679. The lowest BCUT2D eigenvalue weighted by molar-refractivity contribution is -0.120. The van der Waals surface area contributed by atoms with Gasteiger partial charge >= 0.3 is 6.09 Å². The van der Waals surface area contributed by atoms with Crippen molar-refractivity contribution in [3.8, 4) is 5.75 Å². The summed E-state index contributed by atoms with van der Waals surface area (Å²) in [6, 6.07) is 14.9. The van der Waals surface area contributed by atoms with E-state index in [1.165, 1.54) is 5.56 Å². The Balaban J connectivity index is 1.62. The fraction of sp³-hybridized carbons (Fsp3) is 0.300. The molecule has 0 aliphatic carbocycles. The Morgan fingerprint density at radius 3 is 2.81 bits per heavy atom. The van der Waals surface area contributed by atoms with Gasteiger partial charge in [0.05, 0.1) is 6.61 Å². The number of ether oxygens (including phenoxy) is 2. The van der Waals surface area contributed by atoms with E-state index in [4.69, 9.17) is 9.47 Å². The zero-order chi connectivity index (χ0) is 18.5. The Bertz CT molecular complexity index is 806. The van der Waals surface area contributed by atoms with E-state index in [0.29, 0.717) is 18.0 Å². The zero-order valence-electron chi connectivity index (χ0n) is 14.9. The van der Waals surface area contributed by atoms with Gasteiger partial charge in [-0.15, -0.1) is 0 Å². The predicted octanol–water partition coefficient (Wildman–Crippen LogP) is 3.61. The lowest BCUT2D eigenvalue weighted by Gasteiger charge is -2.22. The second kappa shape index (κ2) is 7.91. The second-order valence-electron chi connectivity index (χ2n) is 6.11. The first-order chi connectivity index (χ1) is 12.6. The average Bonchev–Trinajstić information content (AvgIpc) is 2.96. The predicted molar refractivity (Wildman–Crippen MR) is 99.7 cm³/mol. The Hall–Kier alpha value is -3.02. The van der Waals surface area contributed by atoms with Crippen LogP contribution in [-0.2, 0) is 16.0 Å². The highest BCUT2D eigenvalue weighted by Crippen LogP contribution is 2.31. The van der Waals surface area contributed by atoms with Crippen LogP contribution in [0.1, 0.15) is 19.4 Å². The quantitative estimate of drug-likeness (QED) is 0.891. The van der Waals surface area contributed by atoms with Crippen molar-refractivity contribution < 1.29 is 19.1 Å². The number of benzene rings is 2. The molecule has 0 bridgehead atoms. The fourth-order valence-electron chi connectivity index (χ4n) is 3.11. The van der Waals surface area contributed by atoms with E-state index in [0.717, 1.165) is 12.1 Å². The van der Waals surface area contributed by atoms with E-state index in [2.05, 4.69) is 5.32 Å². The van der Waals surface area contributed by atoms with Gasteiger partial charge in [0.25, 0.3) is 5.91 Å². The van der Waals surface area contributed by atoms with Gasteiger partial charge in [-0.25, -0.2) is 4.79 Å². The minimum Gasteiger partial charge on any atom is -0.484 e. The van der Waals surface area contributed by atoms with Gasteiger partial charge in [-0.05, 0) is 44.0 Å². The van der Waals surface area contributed by atoms with Crippen LogP contribution in [0.3, 0.4) is 0 Å². The first-order valence-corrected chi connectivity index (χ1v) is 8.65. The van der Waals surface area contributed by atoms with E-state index in [1.54, 1.807) is 36.1 Å². The molecule has 0 spiro atoms. The maximum absolute atomic E-state index is 12.7. The van der Waals surface area contributed by atoms with Crippen LogP contribution in [0.25, 0.3) is 0 Å². The maximum atomic E-state index is 12.7. The number of hydrogen-bond donors (Lipinski definition) is 1. The van der Waals surface area contributed by atoms with Crippen LogP contribution in [0.4, 0.5) is 16.2 Å². The molecule has 2 amide bonds. The van der Waals surface area contributed by atoms with Crippen LogP contribution >= 0.6 is 0 Å². The Morgan fingerprint density at radius 1 is 1.19 bits per heavy atom. The number of nitrogens with zero attached hydrogens (tertiary/aromatic N) is 1. The summed E-state index contributed by atoms with van der Waals surface area (Å²) in [5.74, 6) is 0.416. The first kappa shape index (κ1) is 17.8. The molecule has 3 rings (SSSR count). The van der Waals surface area contributed by atoms with Gasteiger partial charge in [0, 0.05) is 23.5 Å². The number of amides is 2. The number of nitrogens with one attached hydrogen (secondary N) is 1. The minimum atomic E-state index is -0.525. The smallest absolute Gasteiger partial charge is 0.411 e. The normalized spacial score (nSPS) is 15.3. The first-order valence-electron chi connectivity index (χ1n) is 8.65. The average molecular weight is 354 g/mol. The van der Waals surface area contributed by atoms with E-state index < -0.39 is 6.09 Å². The summed E-state index contributed by atoms with van der Waals surface area (Å²) in [4.78, 5) is 25.9. The van der Waals surface area contributed by atoms with Crippen molar-refractivity contribution in [1.82, 2.24) is 0 Å². The molecule has 1 aliphatic rings. The van der Waals surface area contributed by atoms with Crippen LogP contribution < -0.4 is 15.0 Å². The van der Waals surface area contributed by atoms with Gasteiger partial charge in [-0.3, -0.25) is 10.1 Å². The molecule has 1 unspecified atom stereocenters. The third-order valence-electron chi connectivity index (χ3n) is 4.19. The van der Waals surface area contributed by atoms with Gasteiger partial charge in [0.15, 0.2) is 6.61 Å². The van der Waals surface area contributed by atoms with Crippen LogP contribution in [0.2, 0.25) is 0 Å². The molecule has 1 heterocycles. The second-order valence-corrected chi connectivity index (χ2v) is 6.11. The van der Waals surface area contributed by atoms with Crippen LogP contribution in [0.5, 0.6) is 5.75 Å². The molecule has 0 fully saturated rings. The Labute approximate surface area is 152 Å². The number of rotatable bonds is 5. The third-order valence-corrected chi connectivity index (χ3v) is 4.19. The number of carbonyl (C=O) groups excluding carboxylic acids is 2. The molecule has 1 atom stereocenters.